The summed E-state index contributed by atoms with van der Waals surface area (Å²) in [5, 5.41) is 23.0. The lowest BCUT2D eigenvalue weighted by Gasteiger charge is -2.41. The Morgan fingerprint density at radius 1 is 1.24 bits per heavy atom. The van der Waals surface area contributed by atoms with Gasteiger partial charge >= 0.3 is 0 Å². The van der Waals surface area contributed by atoms with Gasteiger partial charge in [-0.15, -0.1) is 10.2 Å². The van der Waals surface area contributed by atoms with Crippen molar-refractivity contribution in [3.63, 3.8) is 0 Å². The fourth-order valence-corrected chi connectivity index (χ4v) is 4.43. The van der Waals surface area contributed by atoms with Crippen LogP contribution in [0.3, 0.4) is 0 Å². The lowest BCUT2D eigenvalue weighted by molar-refractivity contribution is 0.289. The summed E-state index contributed by atoms with van der Waals surface area (Å²) in [6.07, 6.45) is 11.9. The maximum Gasteiger partial charge on any atom is 0.151 e. The third-order valence-electron chi connectivity index (χ3n) is 6.02. The summed E-state index contributed by atoms with van der Waals surface area (Å²) < 4.78 is 1.84. The molecule has 0 radical (unpaired) electrons. The van der Waals surface area contributed by atoms with Crippen LogP contribution in [-0.4, -0.2) is 49.5 Å². The molecule has 0 saturated carbocycles. The second kappa shape index (κ2) is 6.70. The largest absolute Gasteiger partial charge is 0.507 e. The zero-order chi connectivity index (χ0) is 20.0. The number of aromatic nitrogens is 4. The van der Waals surface area contributed by atoms with E-state index in [9.17, 15) is 5.11 Å². The molecule has 1 fully saturated rings. The highest BCUT2D eigenvalue weighted by molar-refractivity contribution is 5.69. The lowest BCUT2D eigenvalue weighted by Crippen LogP contribution is -2.54. The molecule has 1 saturated heterocycles. The second-order valence-electron chi connectivity index (χ2n) is 8.18. The maximum atomic E-state index is 10.5. The Hall–Kier alpha value is -3.19. The van der Waals surface area contributed by atoms with Crippen LogP contribution in [-0.2, 0) is 0 Å². The maximum absolute atomic E-state index is 10.5. The molecule has 4 heterocycles. The van der Waals surface area contributed by atoms with E-state index < -0.39 is 0 Å². The van der Waals surface area contributed by atoms with Crippen LogP contribution in [0.25, 0.3) is 16.9 Å². The van der Waals surface area contributed by atoms with Crippen LogP contribution in [0.15, 0.2) is 61.2 Å². The summed E-state index contributed by atoms with van der Waals surface area (Å²) in [6.45, 7) is 2.24. The average Bonchev–Trinajstić information content (AvgIpc) is 3.35. The minimum Gasteiger partial charge on any atom is -0.507 e. The van der Waals surface area contributed by atoms with Crippen molar-refractivity contribution in [1.29, 1.82) is 0 Å². The van der Waals surface area contributed by atoms with E-state index in [0.717, 1.165) is 24.3 Å². The van der Waals surface area contributed by atoms with Crippen LogP contribution in [0, 0.1) is 0 Å². The van der Waals surface area contributed by atoms with E-state index in [0.29, 0.717) is 23.3 Å². The number of fused-ring (bicyclic) bond motifs is 2. The van der Waals surface area contributed by atoms with Crippen LogP contribution in [0.4, 0.5) is 5.82 Å². The van der Waals surface area contributed by atoms with Crippen molar-refractivity contribution in [2.24, 2.45) is 0 Å². The molecule has 2 bridgehead atoms. The van der Waals surface area contributed by atoms with Crippen LogP contribution in [0.1, 0.15) is 19.8 Å². The van der Waals surface area contributed by atoms with Crippen molar-refractivity contribution >= 4 is 5.82 Å². The average molecular weight is 388 g/mol. The summed E-state index contributed by atoms with van der Waals surface area (Å²) in [5.74, 6) is 1.01. The smallest absolute Gasteiger partial charge is 0.151 e. The molecule has 0 amide bonds. The molecule has 29 heavy (non-hydrogen) atoms. The van der Waals surface area contributed by atoms with E-state index in [2.05, 4.69) is 51.5 Å². The number of rotatable bonds is 4. The van der Waals surface area contributed by atoms with Crippen LogP contribution in [0.2, 0.25) is 0 Å². The summed E-state index contributed by atoms with van der Waals surface area (Å²) in [5.41, 5.74) is 2.22. The molecule has 0 aliphatic carbocycles. The number of phenols is 1. The van der Waals surface area contributed by atoms with Gasteiger partial charge in [0.05, 0.1) is 17.7 Å². The highest BCUT2D eigenvalue weighted by Crippen LogP contribution is 2.34. The van der Waals surface area contributed by atoms with E-state index in [1.165, 1.54) is 0 Å². The summed E-state index contributed by atoms with van der Waals surface area (Å²) in [7, 11) is 2.08. The molecule has 2 aliphatic heterocycles. The first-order valence-corrected chi connectivity index (χ1v) is 9.86. The Kier molecular flexibility index (Phi) is 4.13. The zero-order valence-electron chi connectivity index (χ0n) is 16.5. The standard InChI is InChI=1S/C22H24N6O/c1-22-8-7-15(24-22)11-17(13-22)27(2)21-6-5-19(25-26-21)18-4-3-16(12-20(18)29)28-10-9-23-14-28/h3-10,12,14-15,17,24,29H,11,13H2,1-2H3/t15-,17-,22+/m0/s1. The van der Waals surface area contributed by atoms with E-state index in [1.807, 2.05) is 35.0 Å². The molecule has 2 N–H and O–H groups in total. The molecule has 0 unspecified atom stereocenters. The highest BCUT2D eigenvalue weighted by atomic mass is 16.3. The van der Waals surface area contributed by atoms with Crippen molar-refractivity contribution in [3.05, 3.63) is 61.2 Å². The van der Waals surface area contributed by atoms with Crippen LogP contribution >= 0.6 is 0 Å². The van der Waals surface area contributed by atoms with Gasteiger partial charge in [0.2, 0.25) is 0 Å². The number of hydrogen-bond donors (Lipinski definition) is 2. The summed E-state index contributed by atoms with van der Waals surface area (Å²) in [6, 6.07) is 10.2. The number of piperidine rings is 1. The molecule has 2 aromatic heterocycles. The van der Waals surface area contributed by atoms with Crippen LogP contribution < -0.4 is 10.2 Å². The number of nitrogens with zero attached hydrogens (tertiary/aromatic N) is 5. The second-order valence-corrected chi connectivity index (χ2v) is 8.18. The van der Waals surface area contributed by atoms with E-state index in [-0.39, 0.29) is 11.3 Å². The Labute approximate surface area is 169 Å². The molecule has 7 heteroatoms. The highest BCUT2D eigenvalue weighted by Gasteiger charge is 2.39. The van der Waals surface area contributed by atoms with Gasteiger partial charge in [0.15, 0.2) is 5.82 Å². The fourth-order valence-electron chi connectivity index (χ4n) is 4.43. The van der Waals surface area contributed by atoms with Gasteiger partial charge in [0, 0.05) is 48.7 Å². The monoisotopic (exact) mass is 388 g/mol. The number of imidazole rings is 1. The van der Waals surface area contributed by atoms with E-state index in [1.54, 1.807) is 18.6 Å². The Morgan fingerprint density at radius 3 is 2.83 bits per heavy atom. The SMILES string of the molecule is CN(c1ccc(-c2ccc(-n3ccnc3)cc2O)nn1)[C@H]1C[C@@H]2C=C[C@](C)(C1)N2. The Bertz CT molecular complexity index is 1050. The number of nitrogens with one attached hydrogen (secondary N) is 1. The number of aromatic hydroxyl groups is 1. The quantitative estimate of drug-likeness (QED) is 0.669. The van der Waals surface area contributed by atoms with Crippen molar-refractivity contribution in [2.75, 3.05) is 11.9 Å². The first-order valence-electron chi connectivity index (χ1n) is 9.86. The predicted octanol–water partition coefficient (Wildman–Crippen LogP) is 2.92. The lowest BCUT2D eigenvalue weighted by atomic mass is 9.88. The van der Waals surface area contributed by atoms with Crippen molar-refractivity contribution in [3.8, 4) is 22.7 Å². The Morgan fingerprint density at radius 2 is 2.14 bits per heavy atom. The molecule has 1 aromatic carbocycles. The van der Waals surface area contributed by atoms with Gasteiger partial charge in [0.25, 0.3) is 0 Å². The molecular weight excluding hydrogens is 364 g/mol. The molecule has 3 aromatic rings. The van der Waals surface area contributed by atoms with Crippen molar-refractivity contribution in [2.45, 2.75) is 37.4 Å². The molecular formula is C22H24N6O. The van der Waals surface area contributed by atoms with Gasteiger partial charge in [-0.3, -0.25) is 0 Å². The molecule has 148 valence electrons. The Balaban J connectivity index is 1.35. The first-order chi connectivity index (χ1) is 14.0. The minimum atomic E-state index is 0.0674. The minimum absolute atomic E-state index is 0.0674. The van der Waals surface area contributed by atoms with E-state index in [4.69, 9.17) is 0 Å². The van der Waals surface area contributed by atoms with Crippen molar-refractivity contribution < 1.29 is 5.11 Å². The number of phenolic OH excluding ortho intramolecular Hbond substituents is 1. The van der Waals surface area contributed by atoms with Gasteiger partial charge in [-0.1, -0.05) is 12.2 Å². The number of anilines is 1. The zero-order valence-corrected chi connectivity index (χ0v) is 16.5. The van der Waals surface area contributed by atoms with Gasteiger partial charge in [-0.25, -0.2) is 4.98 Å². The summed E-state index contributed by atoms with van der Waals surface area (Å²) >= 11 is 0. The number of hydrogen-bond acceptors (Lipinski definition) is 6. The number of benzene rings is 1. The fraction of sp³-hybridized carbons (Fsp3) is 0.318. The van der Waals surface area contributed by atoms with Gasteiger partial charge in [-0.2, -0.15) is 0 Å². The molecule has 2 aliphatic rings. The third-order valence-corrected chi connectivity index (χ3v) is 6.02. The van der Waals surface area contributed by atoms with Crippen LogP contribution in [0.5, 0.6) is 5.75 Å². The first kappa shape index (κ1) is 17.9. The van der Waals surface area contributed by atoms with Crippen molar-refractivity contribution in [1.82, 2.24) is 25.1 Å². The topological polar surface area (TPSA) is 79.1 Å². The molecule has 0 spiro atoms. The van der Waals surface area contributed by atoms with E-state index >= 15 is 0 Å². The van der Waals surface area contributed by atoms with Gasteiger partial charge in [-0.05, 0) is 44.0 Å². The molecule has 7 nitrogen and oxygen atoms in total. The summed E-state index contributed by atoms with van der Waals surface area (Å²) in [4.78, 5) is 6.26. The third kappa shape index (κ3) is 3.27. The normalized spacial score (nSPS) is 25.3. The molecule has 5 rings (SSSR count). The van der Waals surface area contributed by atoms with Gasteiger partial charge in [0.1, 0.15) is 5.75 Å². The van der Waals surface area contributed by atoms with Gasteiger partial charge < -0.3 is 19.9 Å². The molecule has 3 atom stereocenters. The predicted molar refractivity (Wildman–Crippen MR) is 112 cm³/mol.